The van der Waals surface area contributed by atoms with Gasteiger partial charge >= 0.3 is 0 Å². The topological polar surface area (TPSA) is 34.4 Å². The Balaban J connectivity index is 1.90. The second-order valence-electron chi connectivity index (χ2n) is 5.89. The van der Waals surface area contributed by atoms with Crippen LogP contribution in [0.5, 0.6) is 5.75 Å². The van der Waals surface area contributed by atoms with Crippen LogP contribution in [0.15, 0.2) is 34.9 Å². The van der Waals surface area contributed by atoms with E-state index in [1.165, 1.54) is 18.2 Å². The van der Waals surface area contributed by atoms with Gasteiger partial charge in [-0.15, -0.1) is 0 Å². The Hall–Kier alpha value is -1.52. The fourth-order valence-electron chi connectivity index (χ4n) is 1.70. The van der Waals surface area contributed by atoms with Crippen molar-refractivity contribution >= 4 is 11.6 Å². The lowest BCUT2D eigenvalue weighted by Crippen LogP contribution is -2.34. The van der Waals surface area contributed by atoms with Crippen molar-refractivity contribution in [2.24, 2.45) is 0 Å². The first-order valence-electron chi connectivity index (χ1n) is 6.73. The summed E-state index contributed by atoms with van der Waals surface area (Å²) >= 11 is 5.90. The number of rotatable bonds is 5. The summed E-state index contributed by atoms with van der Waals surface area (Å²) in [5.74, 6) is 0.742. The summed E-state index contributed by atoms with van der Waals surface area (Å²) in [4.78, 5) is 0. The highest BCUT2D eigenvalue weighted by Crippen LogP contribution is 2.26. The average Bonchev–Trinajstić information content (AvgIpc) is 2.82. The van der Waals surface area contributed by atoms with Crippen LogP contribution in [-0.2, 0) is 13.2 Å². The van der Waals surface area contributed by atoms with Crippen LogP contribution in [0.2, 0.25) is 5.02 Å². The van der Waals surface area contributed by atoms with Gasteiger partial charge in [-0.3, -0.25) is 0 Å². The molecule has 0 bridgehead atoms. The van der Waals surface area contributed by atoms with E-state index < -0.39 is 0 Å². The third-order valence-electron chi connectivity index (χ3n) is 2.79. The molecule has 1 N–H and O–H groups in total. The lowest BCUT2D eigenvalue weighted by Gasteiger charge is -2.19. The highest BCUT2D eigenvalue weighted by molar-refractivity contribution is 6.32. The SMILES string of the molecule is CC(C)(C)NCc1coc(COc2ccc(F)cc2Cl)c1. The standard InChI is InChI=1S/C16H19ClFNO2/c1-16(2,3)19-8-11-6-13(20-9-11)10-21-15-5-4-12(18)7-14(15)17/h4-7,9,19H,8,10H2,1-3H3. The van der Waals surface area contributed by atoms with Crippen LogP contribution in [0, 0.1) is 5.82 Å². The molecule has 0 radical (unpaired) electrons. The summed E-state index contributed by atoms with van der Waals surface area (Å²) in [6, 6.07) is 5.96. The van der Waals surface area contributed by atoms with Crippen LogP contribution in [0.3, 0.4) is 0 Å². The molecule has 0 unspecified atom stereocenters. The van der Waals surface area contributed by atoms with Crippen LogP contribution >= 0.6 is 11.6 Å². The van der Waals surface area contributed by atoms with Crippen LogP contribution in [0.4, 0.5) is 4.39 Å². The number of furan rings is 1. The maximum absolute atomic E-state index is 12.9. The largest absolute Gasteiger partial charge is 0.484 e. The van der Waals surface area contributed by atoms with Gasteiger partial charge in [0.2, 0.25) is 0 Å². The minimum atomic E-state index is -0.388. The monoisotopic (exact) mass is 311 g/mol. The van der Waals surface area contributed by atoms with Crippen LogP contribution < -0.4 is 10.1 Å². The second-order valence-corrected chi connectivity index (χ2v) is 6.30. The van der Waals surface area contributed by atoms with E-state index in [1.807, 2.05) is 6.07 Å². The minimum absolute atomic E-state index is 0.0512. The van der Waals surface area contributed by atoms with Crippen molar-refractivity contribution in [2.45, 2.75) is 39.5 Å². The summed E-state index contributed by atoms with van der Waals surface area (Å²) in [5.41, 5.74) is 1.10. The normalized spacial score (nSPS) is 11.7. The Morgan fingerprint density at radius 1 is 1.29 bits per heavy atom. The molecule has 0 saturated heterocycles. The molecule has 0 aliphatic heterocycles. The molecule has 5 heteroatoms. The third kappa shape index (κ3) is 5.06. The van der Waals surface area contributed by atoms with Gasteiger partial charge in [-0.05, 0) is 45.0 Å². The van der Waals surface area contributed by atoms with Gasteiger partial charge in [-0.1, -0.05) is 11.6 Å². The Morgan fingerprint density at radius 2 is 2.05 bits per heavy atom. The van der Waals surface area contributed by atoms with E-state index in [2.05, 4.69) is 26.1 Å². The number of nitrogens with one attached hydrogen (secondary N) is 1. The minimum Gasteiger partial charge on any atom is -0.484 e. The highest BCUT2D eigenvalue weighted by atomic mass is 35.5. The number of hydrogen-bond donors (Lipinski definition) is 1. The predicted molar refractivity (Wildman–Crippen MR) is 81.0 cm³/mol. The van der Waals surface area contributed by atoms with E-state index in [0.29, 0.717) is 11.5 Å². The zero-order valence-electron chi connectivity index (χ0n) is 12.4. The molecular formula is C16H19ClFNO2. The molecule has 0 aliphatic carbocycles. The van der Waals surface area contributed by atoms with E-state index in [4.69, 9.17) is 20.8 Å². The zero-order chi connectivity index (χ0) is 15.5. The molecule has 0 atom stereocenters. The van der Waals surface area contributed by atoms with Crippen molar-refractivity contribution in [3.8, 4) is 5.75 Å². The number of ether oxygens (including phenoxy) is 1. The molecule has 0 aliphatic rings. The first kappa shape index (κ1) is 15.9. The summed E-state index contributed by atoms with van der Waals surface area (Å²) in [6.07, 6.45) is 1.70. The highest BCUT2D eigenvalue weighted by Gasteiger charge is 2.10. The molecule has 114 valence electrons. The Morgan fingerprint density at radius 3 is 2.71 bits per heavy atom. The Kier molecular flexibility index (Phi) is 4.91. The van der Waals surface area contributed by atoms with Gasteiger partial charge in [0.25, 0.3) is 0 Å². The lowest BCUT2D eigenvalue weighted by molar-refractivity contribution is 0.270. The van der Waals surface area contributed by atoms with Gasteiger partial charge in [0, 0.05) is 17.6 Å². The zero-order valence-corrected chi connectivity index (χ0v) is 13.1. The molecule has 1 aromatic heterocycles. The Bertz CT molecular complexity index is 605. The lowest BCUT2D eigenvalue weighted by atomic mass is 10.1. The van der Waals surface area contributed by atoms with Gasteiger partial charge < -0.3 is 14.5 Å². The first-order chi connectivity index (χ1) is 9.83. The molecule has 2 aromatic rings. The smallest absolute Gasteiger partial charge is 0.146 e. The maximum atomic E-state index is 12.9. The van der Waals surface area contributed by atoms with E-state index in [0.717, 1.165) is 12.1 Å². The molecule has 0 fully saturated rings. The van der Waals surface area contributed by atoms with Crippen molar-refractivity contribution in [2.75, 3.05) is 0 Å². The predicted octanol–water partition coefficient (Wildman–Crippen LogP) is 4.54. The van der Waals surface area contributed by atoms with E-state index in [1.54, 1.807) is 6.26 Å². The third-order valence-corrected chi connectivity index (χ3v) is 3.09. The fourth-order valence-corrected chi connectivity index (χ4v) is 1.92. The maximum Gasteiger partial charge on any atom is 0.146 e. The van der Waals surface area contributed by atoms with Crippen LogP contribution in [-0.4, -0.2) is 5.54 Å². The summed E-state index contributed by atoms with van der Waals surface area (Å²) in [5, 5.41) is 3.62. The van der Waals surface area contributed by atoms with Gasteiger partial charge in [-0.2, -0.15) is 0 Å². The van der Waals surface area contributed by atoms with Gasteiger partial charge in [0.15, 0.2) is 0 Å². The summed E-state index contributed by atoms with van der Waals surface area (Å²) < 4.78 is 23.9. The van der Waals surface area contributed by atoms with E-state index in [-0.39, 0.29) is 23.0 Å². The molecule has 0 amide bonds. The number of benzene rings is 1. The fraction of sp³-hybridized carbons (Fsp3) is 0.375. The molecular weight excluding hydrogens is 293 g/mol. The van der Waals surface area contributed by atoms with Crippen LogP contribution in [0.1, 0.15) is 32.1 Å². The van der Waals surface area contributed by atoms with Gasteiger partial charge in [0.1, 0.15) is 23.9 Å². The second kappa shape index (κ2) is 6.50. The number of hydrogen-bond acceptors (Lipinski definition) is 3. The summed E-state index contributed by atoms with van der Waals surface area (Å²) in [6.45, 7) is 7.29. The van der Waals surface area contributed by atoms with Crippen molar-refractivity contribution in [3.63, 3.8) is 0 Å². The summed E-state index contributed by atoms with van der Waals surface area (Å²) in [7, 11) is 0. The van der Waals surface area contributed by atoms with Crippen molar-refractivity contribution in [3.05, 3.63) is 52.7 Å². The van der Waals surface area contributed by atoms with E-state index >= 15 is 0 Å². The first-order valence-corrected chi connectivity index (χ1v) is 7.10. The van der Waals surface area contributed by atoms with Crippen molar-refractivity contribution < 1.29 is 13.5 Å². The van der Waals surface area contributed by atoms with Crippen molar-refractivity contribution in [1.82, 2.24) is 5.32 Å². The molecule has 0 saturated carbocycles. The molecule has 21 heavy (non-hydrogen) atoms. The molecule has 1 heterocycles. The molecule has 0 spiro atoms. The van der Waals surface area contributed by atoms with E-state index in [9.17, 15) is 4.39 Å². The average molecular weight is 312 g/mol. The molecule has 1 aromatic carbocycles. The van der Waals surface area contributed by atoms with Gasteiger partial charge in [-0.25, -0.2) is 4.39 Å². The number of halogens is 2. The van der Waals surface area contributed by atoms with Crippen LogP contribution in [0.25, 0.3) is 0 Å². The Labute approximate surface area is 129 Å². The molecule has 3 nitrogen and oxygen atoms in total. The molecule has 2 rings (SSSR count). The quantitative estimate of drug-likeness (QED) is 0.880. The van der Waals surface area contributed by atoms with Gasteiger partial charge in [0.05, 0.1) is 11.3 Å². The van der Waals surface area contributed by atoms with Crippen molar-refractivity contribution in [1.29, 1.82) is 0 Å².